The summed E-state index contributed by atoms with van der Waals surface area (Å²) in [6.07, 6.45) is 5.08. The number of likely N-dealkylation sites (tertiary alicyclic amines) is 1. The van der Waals surface area contributed by atoms with Crippen molar-refractivity contribution in [3.05, 3.63) is 24.3 Å². The van der Waals surface area contributed by atoms with E-state index in [-0.39, 0.29) is 24.0 Å². The molecule has 1 unspecified atom stereocenters. The highest BCUT2D eigenvalue weighted by atomic mass is 127. The van der Waals surface area contributed by atoms with E-state index in [9.17, 15) is 0 Å². The first-order valence-corrected chi connectivity index (χ1v) is 8.14. The summed E-state index contributed by atoms with van der Waals surface area (Å²) in [7, 11) is 1.65. The van der Waals surface area contributed by atoms with Crippen LogP contribution < -0.4 is 15.8 Å². The van der Waals surface area contributed by atoms with E-state index < -0.39 is 0 Å². The van der Waals surface area contributed by atoms with Crippen LogP contribution in [0.4, 0.5) is 5.69 Å². The maximum absolute atomic E-state index is 5.93. The van der Waals surface area contributed by atoms with Gasteiger partial charge in [-0.1, -0.05) is 6.42 Å². The Bertz CT molecular complexity index is 472. The van der Waals surface area contributed by atoms with Crippen LogP contribution in [0.15, 0.2) is 29.3 Å². The van der Waals surface area contributed by atoms with Crippen molar-refractivity contribution < 1.29 is 4.74 Å². The van der Waals surface area contributed by atoms with Crippen LogP contribution in [0.2, 0.25) is 0 Å². The molecule has 0 aliphatic carbocycles. The molecule has 0 radical (unpaired) electrons. The molecule has 1 aromatic rings. The number of benzene rings is 1. The predicted octanol–water partition coefficient (Wildman–Crippen LogP) is 3.30. The average Bonchev–Trinajstić information content (AvgIpc) is 2.56. The average molecular weight is 432 g/mol. The number of nitrogens with zero attached hydrogens (tertiary/aromatic N) is 2. The summed E-state index contributed by atoms with van der Waals surface area (Å²) in [5.41, 5.74) is 6.86. The number of hydrogen-bond donors (Lipinski definition) is 2. The highest BCUT2D eigenvalue weighted by Crippen LogP contribution is 2.15. The number of piperidine rings is 1. The summed E-state index contributed by atoms with van der Waals surface area (Å²) >= 11 is 0. The van der Waals surface area contributed by atoms with Gasteiger partial charge < -0.3 is 20.7 Å². The van der Waals surface area contributed by atoms with Gasteiger partial charge in [-0.05, 0) is 63.5 Å². The number of halogens is 1. The molecule has 0 spiro atoms. The number of guanidine groups is 1. The van der Waals surface area contributed by atoms with Gasteiger partial charge in [-0.2, -0.15) is 0 Å². The number of hydrogen-bond acceptors (Lipinski definition) is 3. The summed E-state index contributed by atoms with van der Waals surface area (Å²) in [5.74, 6) is 1.30. The predicted molar refractivity (Wildman–Crippen MR) is 108 cm³/mol. The lowest BCUT2D eigenvalue weighted by Crippen LogP contribution is -2.37. The Labute approximate surface area is 156 Å². The first-order chi connectivity index (χ1) is 10.7. The van der Waals surface area contributed by atoms with Crippen molar-refractivity contribution in [3.8, 4) is 5.75 Å². The fourth-order valence-electron chi connectivity index (χ4n) is 2.78. The Morgan fingerprint density at radius 3 is 2.52 bits per heavy atom. The summed E-state index contributed by atoms with van der Waals surface area (Å²) in [6, 6.07) is 8.23. The van der Waals surface area contributed by atoms with Gasteiger partial charge in [-0.15, -0.1) is 24.0 Å². The quantitative estimate of drug-likeness (QED) is 0.412. The third-order valence-electron chi connectivity index (χ3n) is 4.21. The minimum atomic E-state index is 0. The molecular formula is C17H29IN4O. The topological polar surface area (TPSA) is 62.9 Å². The Balaban J connectivity index is 0.00000264. The zero-order valence-electron chi connectivity index (χ0n) is 14.1. The third-order valence-corrected chi connectivity index (χ3v) is 4.21. The number of anilines is 1. The largest absolute Gasteiger partial charge is 0.497 e. The van der Waals surface area contributed by atoms with Crippen LogP contribution in [0.5, 0.6) is 5.75 Å². The van der Waals surface area contributed by atoms with Crippen LogP contribution in [-0.2, 0) is 0 Å². The molecule has 0 bridgehead atoms. The molecule has 6 heteroatoms. The van der Waals surface area contributed by atoms with Gasteiger partial charge in [0.05, 0.1) is 7.11 Å². The fourth-order valence-corrected chi connectivity index (χ4v) is 2.78. The lowest BCUT2D eigenvalue weighted by molar-refractivity contribution is 0.168. The van der Waals surface area contributed by atoms with Gasteiger partial charge in [0.2, 0.25) is 0 Å². The molecule has 2 rings (SSSR count). The normalized spacial score (nSPS) is 17.2. The van der Waals surface area contributed by atoms with Crippen molar-refractivity contribution >= 4 is 35.6 Å². The molecule has 1 aliphatic rings. The van der Waals surface area contributed by atoms with Crippen molar-refractivity contribution in [2.24, 2.45) is 10.7 Å². The molecule has 1 heterocycles. The van der Waals surface area contributed by atoms with E-state index in [1.807, 2.05) is 24.3 Å². The summed E-state index contributed by atoms with van der Waals surface area (Å²) in [4.78, 5) is 6.98. The minimum Gasteiger partial charge on any atom is -0.497 e. The van der Waals surface area contributed by atoms with Gasteiger partial charge in [0, 0.05) is 18.3 Å². The Morgan fingerprint density at radius 1 is 1.26 bits per heavy atom. The molecule has 0 amide bonds. The molecule has 23 heavy (non-hydrogen) atoms. The van der Waals surface area contributed by atoms with Crippen molar-refractivity contribution in [2.45, 2.75) is 38.6 Å². The second-order valence-corrected chi connectivity index (χ2v) is 5.85. The number of rotatable bonds is 6. The van der Waals surface area contributed by atoms with Crippen LogP contribution in [-0.4, -0.2) is 43.6 Å². The molecule has 0 aromatic heterocycles. The van der Waals surface area contributed by atoms with E-state index in [4.69, 9.17) is 10.5 Å². The number of nitrogens with two attached hydrogens (primary N) is 1. The van der Waals surface area contributed by atoms with Crippen molar-refractivity contribution in [2.75, 3.05) is 32.1 Å². The van der Waals surface area contributed by atoms with Gasteiger partial charge in [0.25, 0.3) is 0 Å². The van der Waals surface area contributed by atoms with Gasteiger partial charge in [0.1, 0.15) is 5.75 Å². The zero-order chi connectivity index (χ0) is 15.8. The molecular weight excluding hydrogens is 403 g/mol. The Kier molecular flexibility index (Phi) is 9.31. The van der Waals surface area contributed by atoms with E-state index >= 15 is 0 Å². The lowest BCUT2D eigenvalue weighted by Gasteiger charge is -2.32. The van der Waals surface area contributed by atoms with Crippen LogP contribution in [0, 0.1) is 0 Å². The molecule has 1 atom stereocenters. The summed E-state index contributed by atoms with van der Waals surface area (Å²) in [6.45, 7) is 5.50. The Hall–Kier alpha value is -1.02. The molecule has 5 nitrogen and oxygen atoms in total. The van der Waals surface area contributed by atoms with Crippen molar-refractivity contribution in [1.29, 1.82) is 0 Å². The highest BCUT2D eigenvalue weighted by molar-refractivity contribution is 14.0. The molecule has 3 N–H and O–H groups in total. The molecule has 1 saturated heterocycles. The second-order valence-electron chi connectivity index (χ2n) is 5.85. The zero-order valence-corrected chi connectivity index (χ0v) is 16.5. The van der Waals surface area contributed by atoms with E-state index in [0.717, 1.165) is 24.4 Å². The Morgan fingerprint density at radius 2 is 1.91 bits per heavy atom. The molecule has 130 valence electrons. The molecule has 1 fully saturated rings. The monoisotopic (exact) mass is 432 g/mol. The molecule has 1 aliphatic heterocycles. The van der Waals surface area contributed by atoms with Gasteiger partial charge >= 0.3 is 0 Å². The maximum atomic E-state index is 5.93. The molecule has 1 aromatic carbocycles. The summed E-state index contributed by atoms with van der Waals surface area (Å²) < 4.78 is 5.13. The second kappa shape index (κ2) is 10.7. The summed E-state index contributed by atoms with van der Waals surface area (Å²) in [5, 5.41) is 3.11. The first-order valence-electron chi connectivity index (χ1n) is 8.14. The molecule has 0 saturated carbocycles. The van der Waals surface area contributed by atoms with E-state index in [0.29, 0.717) is 12.0 Å². The fraction of sp³-hybridized carbons (Fsp3) is 0.588. The van der Waals surface area contributed by atoms with E-state index in [2.05, 4.69) is 22.1 Å². The number of nitrogens with one attached hydrogen (secondary N) is 1. The van der Waals surface area contributed by atoms with Crippen LogP contribution in [0.3, 0.4) is 0 Å². The number of methoxy groups -OCH3 is 1. The van der Waals surface area contributed by atoms with Crippen molar-refractivity contribution in [3.63, 3.8) is 0 Å². The third kappa shape index (κ3) is 6.95. The van der Waals surface area contributed by atoms with E-state index in [1.54, 1.807) is 7.11 Å². The van der Waals surface area contributed by atoms with Gasteiger partial charge in [0.15, 0.2) is 5.96 Å². The number of aliphatic imine (C=N–C) groups is 1. The van der Waals surface area contributed by atoms with Crippen LogP contribution >= 0.6 is 24.0 Å². The van der Waals surface area contributed by atoms with Gasteiger partial charge in [-0.3, -0.25) is 4.99 Å². The smallest absolute Gasteiger partial charge is 0.193 e. The lowest BCUT2D eigenvalue weighted by atomic mass is 10.1. The first kappa shape index (κ1) is 20.0. The van der Waals surface area contributed by atoms with Gasteiger partial charge in [-0.25, -0.2) is 0 Å². The standard InChI is InChI=1S/C17H28N4O.HI/c1-14(21-12-4-3-5-13-21)10-11-19-17(18)20-15-6-8-16(22-2)9-7-15;/h6-9,14H,3-5,10-13H2,1-2H3,(H3,18,19,20);1H. The van der Waals surface area contributed by atoms with Crippen LogP contribution in [0.25, 0.3) is 0 Å². The van der Waals surface area contributed by atoms with E-state index in [1.165, 1.54) is 32.4 Å². The number of ether oxygens (including phenoxy) is 1. The minimum absolute atomic E-state index is 0. The maximum Gasteiger partial charge on any atom is 0.193 e. The highest BCUT2D eigenvalue weighted by Gasteiger charge is 2.15. The van der Waals surface area contributed by atoms with Crippen LogP contribution in [0.1, 0.15) is 32.6 Å². The SMILES string of the molecule is COc1ccc(NC(N)=NCCC(C)N2CCCCC2)cc1.I. The van der Waals surface area contributed by atoms with Crippen molar-refractivity contribution in [1.82, 2.24) is 4.90 Å².